The second-order valence-electron chi connectivity index (χ2n) is 5.24. The number of imide groups is 1. The van der Waals surface area contributed by atoms with Gasteiger partial charge in [0, 0.05) is 0 Å². The minimum atomic E-state index is -1.10. The summed E-state index contributed by atoms with van der Waals surface area (Å²) in [6.45, 7) is 3.37. The maximum atomic E-state index is 11.9. The molecule has 0 unspecified atom stereocenters. The highest BCUT2D eigenvalue weighted by molar-refractivity contribution is 7.99. The number of hydrogen-bond acceptors (Lipinski definition) is 7. The van der Waals surface area contributed by atoms with Gasteiger partial charge in [-0.2, -0.15) is 0 Å². The molecule has 128 valence electrons. The van der Waals surface area contributed by atoms with Gasteiger partial charge in [0.25, 0.3) is 11.1 Å². The number of esters is 1. The maximum absolute atomic E-state index is 11.9. The Kier molecular flexibility index (Phi) is 5.80. The summed E-state index contributed by atoms with van der Waals surface area (Å²) in [7, 11) is 0. The first-order valence-corrected chi connectivity index (χ1v) is 8.13. The summed E-state index contributed by atoms with van der Waals surface area (Å²) in [6.07, 6.45) is -1.10. The van der Waals surface area contributed by atoms with Gasteiger partial charge in [-0.3, -0.25) is 14.9 Å². The Hall–Kier alpha value is -2.55. The summed E-state index contributed by atoms with van der Waals surface area (Å²) in [4.78, 5) is 38.7. The molecule has 8 nitrogen and oxygen atoms in total. The Morgan fingerprint density at radius 2 is 2.04 bits per heavy atom. The van der Waals surface area contributed by atoms with E-state index in [9.17, 15) is 14.4 Å². The minimum absolute atomic E-state index is 0.0834. The summed E-state index contributed by atoms with van der Waals surface area (Å²) in [5.41, 5.74) is 6.21. The van der Waals surface area contributed by atoms with Crippen molar-refractivity contribution in [2.75, 3.05) is 5.75 Å². The van der Waals surface area contributed by atoms with Crippen LogP contribution in [0.4, 0.5) is 4.79 Å². The summed E-state index contributed by atoms with van der Waals surface area (Å²) < 4.78 is 10.6. The number of thioether (sulfide) groups is 1. The molecule has 1 atom stereocenters. The highest BCUT2D eigenvalue weighted by Gasteiger charge is 2.27. The van der Waals surface area contributed by atoms with Gasteiger partial charge in [-0.15, -0.1) is 0 Å². The number of nitrogens with one attached hydrogen (secondary N) is 1. The molecule has 2 aromatic rings. The Bertz CT molecular complexity index is 725. The van der Waals surface area contributed by atoms with E-state index in [0.29, 0.717) is 16.3 Å². The van der Waals surface area contributed by atoms with Crippen LogP contribution in [0.3, 0.4) is 0 Å². The average Bonchev–Trinajstić information content (AvgIpc) is 2.92. The van der Waals surface area contributed by atoms with Crippen molar-refractivity contribution in [3.05, 3.63) is 24.3 Å². The Balaban J connectivity index is 1.93. The van der Waals surface area contributed by atoms with Crippen molar-refractivity contribution in [2.45, 2.75) is 25.2 Å². The second-order valence-corrected chi connectivity index (χ2v) is 6.17. The molecule has 9 heteroatoms. The van der Waals surface area contributed by atoms with E-state index in [-0.39, 0.29) is 11.7 Å². The number of carbonyl (C=O) groups excluding carboxylic acids is 3. The topological polar surface area (TPSA) is 125 Å². The maximum Gasteiger partial charge on any atom is 0.318 e. The van der Waals surface area contributed by atoms with Crippen LogP contribution in [0.25, 0.3) is 11.1 Å². The van der Waals surface area contributed by atoms with Gasteiger partial charge in [0.15, 0.2) is 11.7 Å². The van der Waals surface area contributed by atoms with E-state index in [1.165, 1.54) is 0 Å². The lowest BCUT2D eigenvalue weighted by molar-refractivity contribution is -0.155. The number of fused-ring (bicyclic) bond motifs is 1. The van der Waals surface area contributed by atoms with Gasteiger partial charge in [-0.25, -0.2) is 9.78 Å². The highest BCUT2D eigenvalue weighted by atomic mass is 32.2. The molecule has 24 heavy (non-hydrogen) atoms. The molecule has 0 aliphatic carbocycles. The molecule has 1 aromatic carbocycles. The molecular formula is C15H17N3O5S. The van der Waals surface area contributed by atoms with Crippen LogP contribution >= 0.6 is 11.8 Å². The number of oxazole rings is 1. The lowest BCUT2D eigenvalue weighted by Crippen LogP contribution is -2.45. The van der Waals surface area contributed by atoms with E-state index in [2.05, 4.69) is 4.98 Å². The molecule has 1 aromatic heterocycles. The zero-order valence-corrected chi connectivity index (χ0v) is 14.0. The summed E-state index contributed by atoms with van der Waals surface area (Å²) >= 11 is 1.06. The Morgan fingerprint density at radius 3 is 2.67 bits per heavy atom. The molecule has 0 radical (unpaired) electrons. The number of amides is 3. The number of hydrogen-bond donors (Lipinski definition) is 2. The van der Waals surface area contributed by atoms with Crippen LogP contribution in [-0.4, -0.2) is 34.7 Å². The van der Waals surface area contributed by atoms with Crippen molar-refractivity contribution in [2.24, 2.45) is 11.7 Å². The normalized spacial score (nSPS) is 12.1. The van der Waals surface area contributed by atoms with Crippen molar-refractivity contribution < 1.29 is 23.5 Å². The number of aromatic nitrogens is 1. The molecule has 3 amide bonds. The van der Waals surface area contributed by atoms with E-state index < -0.39 is 24.0 Å². The lowest BCUT2D eigenvalue weighted by Gasteiger charge is -2.19. The van der Waals surface area contributed by atoms with Crippen LogP contribution in [0, 0.1) is 5.92 Å². The second kappa shape index (κ2) is 7.82. The zero-order chi connectivity index (χ0) is 17.7. The third kappa shape index (κ3) is 4.72. The number of benzene rings is 1. The van der Waals surface area contributed by atoms with Crippen LogP contribution in [0.15, 0.2) is 33.9 Å². The highest BCUT2D eigenvalue weighted by Crippen LogP contribution is 2.23. The van der Waals surface area contributed by atoms with Crippen LogP contribution in [0.1, 0.15) is 13.8 Å². The first-order valence-electron chi connectivity index (χ1n) is 7.15. The van der Waals surface area contributed by atoms with Crippen molar-refractivity contribution >= 4 is 40.8 Å². The van der Waals surface area contributed by atoms with Gasteiger partial charge in [0.2, 0.25) is 0 Å². The van der Waals surface area contributed by atoms with E-state index in [0.717, 1.165) is 11.8 Å². The number of nitrogens with two attached hydrogens (primary N) is 1. The summed E-state index contributed by atoms with van der Waals surface area (Å²) in [5.74, 6) is -1.78. The van der Waals surface area contributed by atoms with Gasteiger partial charge in [-0.1, -0.05) is 37.7 Å². The van der Waals surface area contributed by atoms with Gasteiger partial charge in [-0.05, 0) is 18.1 Å². The number of ether oxygens (including phenoxy) is 1. The molecule has 1 heterocycles. The molecule has 0 aliphatic rings. The summed E-state index contributed by atoms with van der Waals surface area (Å²) in [6, 6.07) is 6.22. The van der Waals surface area contributed by atoms with Gasteiger partial charge >= 0.3 is 12.0 Å². The van der Waals surface area contributed by atoms with Crippen LogP contribution in [0.2, 0.25) is 0 Å². The van der Waals surface area contributed by atoms with E-state index in [4.69, 9.17) is 14.9 Å². The molecule has 0 saturated heterocycles. The number of carbonyl (C=O) groups is 3. The zero-order valence-electron chi connectivity index (χ0n) is 13.1. The first-order chi connectivity index (χ1) is 11.4. The summed E-state index contributed by atoms with van der Waals surface area (Å²) in [5, 5.41) is 2.24. The quantitative estimate of drug-likeness (QED) is 0.599. The third-order valence-corrected chi connectivity index (χ3v) is 3.76. The fraction of sp³-hybridized carbons (Fsp3) is 0.333. The van der Waals surface area contributed by atoms with Crippen molar-refractivity contribution in [3.63, 3.8) is 0 Å². The lowest BCUT2D eigenvalue weighted by atomic mass is 10.1. The monoisotopic (exact) mass is 351 g/mol. The molecule has 0 saturated carbocycles. The van der Waals surface area contributed by atoms with E-state index >= 15 is 0 Å². The molecule has 3 N–H and O–H groups in total. The number of rotatable bonds is 6. The van der Waals surface area contributed by atoms with Crippen LogP contribution < -0.4 is 11.1 Å². The minimum Gasteiger partial charge on any atom is -0.451 e. The van der Waals surface area contributed by atoms with Gasteiger partial charge in [0.05, 0.1) is 0 Å². The molecule has 0 bridgehead atoms. The molecule has 0 fully saturated rings. The van der Waals surface area contributed by atoms with Gasteiger partial charge < -0.3 is 14.9 Å². The fourth-order valence-electron chi connectivity index (χ4n) is 1.89. The predicted molar refractivity (Wildman–Crippen MR) is 87.2 cm³/mol. The third-order valence-electron chi connectivity index (χ3n) is 2.96. The number of para-hydroxylation sites is 2. The molecule has 0 spiro atoms. The first kappa shape index (κ1) is 17.8. The fourth-order valence-corrected chi connectivity index (χ4v) is 2.51. The standard InChI is InChI=1S/C15H17N3O5S/c1-8(2)12(13(20)18-14(16)21)23-11(19)7-24-15-17-9-5-3-4-6-10(9)22-15/h3-6,8,12H,7H2,1-2H3,(H3,16,18,20,21)/t12-/m1/s1. The van der Waals surface area contributed by atoms with Crippen molar-refractivity contribution in [1.29, 1.82) is 0 Å². The smallest absolute Gasteiger partial charge is 0.318 e. The van der Waals surface area contributed by atoms with Crippen LogP contribution in [-0.2, 0) is 14.3 Å². The Labute approximate surface area is 142 Å². The van der Waals surface area contributed by atoms with E-state index in [1.54, 1.807) is 26.0 Å². The Morgan fingerprint density at radius 1 is 1.33 bits per heavy atom. The van der Waals surface area contributed by atoms with E-state index in [1.807, 2.05) is 17.4 Å². The predicted octanol–water partition coefficient (Wildman–Crippen LogP) is 1.68. The average molecular weight is 351 g/mol. The molecular weight excluding hydrogens is 334 g/mol. The largest absolute Gasteiger partial charge is 0.451 e. The molecule has 0 aliphatic heterocycles. The number of nitrogens with zero attached hydrogens (tertiary/aromatic N) is 1. The van der Waals surface area contributed by atoms with Crippen LogP contribution in [0.5, 0.6) is 0 Å². The van der Waals surface area contributed by atoms with Gasteiger partial charge in [0.1, 0.15) is 11.3 Å². The molecule has 2 rings (SSSR count). The SMILES string of the molecule is CC(C)[C@@H](OC(=O)CSc1nc2ccccc2o1)C(=O)NC(N)=O. The van der Waals surface area contributed by atoms with Crippen molar-refractivity contribution in [3.8, 4) is 0 Å². The van der Waals surface area contributed by atoms with Crippen molar-refractivity contribution in [1.82, 2.24) is 10.3 Å². The number of primary amides is 1. The number of urea groups is 1.